The monoisotopic (exact) mass is 267 g/mol. The Kier molecular flexibility index (Phi) is 5.18. The third kappa shape index (κ3) is 4.13. The lowest BCUT2D eigenvalue weighted by atomic mass is 9.92. The molecule has 0 radical (unpaired) electrons. The lowest BCUT2D eigenvalue weighted by Crippen LogP contribution is -2.51. The van der Waals surface area contributed by atoms with Gasteiger partial charge >= 0.3 is 5.97 Å². The molecule has 0 aliphatic heterocycles. The van der Waals surface area contributed by atoms with Gasteiger partial charge in [0, 0.05) is 6.42 Å². The summed E-state index contributed by atoms with van der Waals surface area (Å²) >= 11 is 0. The van der Waals surface area contributed by atoms with Gasteiger partial charge in [0.15, 0.2) is 11.5 Å². The molecule has 0 fully saturated rings. The quantitative estimate of drug-likeness (QED) is 0.447. The highest BCUT2D eigenvalue weighted by Crippen LogP contribution is 2.26. The van der Waals surface area contributed by atoms with Crippen LogP contribution in [0.4, 0.5) is 0 Å². The molecule has 0 heterocycles. The normalized spacial score (nSPS) is 14.0. The van der Waals surface area contributed by atoms with Crippen molar-refractivity contribution in [2.75, 3.05) is 6.54 Å². The molecule has 0 aromatic heterocycles. The molecule has 1 atom stereocenters. The van der Waals surface area contributed by atoms with E-state index in [4.69, 9.17) is 0 Å². The van der Waals surface area contributed by atoms with Gasteiger partial charge in [0.2, 0.25) is 0 Å². The standard InChI is InChI=1S/C14H21NO4/c1-3-4-7-15-14(2,13(18)19)9-10-5-6-11(16)12(17)8-10/h5-6,8,15-17H,3-4,7,9H2,1-2H3,(H,18,19). The van der Waals surface area contributed by atoms with Crippen LogP contribution in [0, 0.1) is 0 Å². The molecule has 5 heteroatoms. The summed E-state index contributed by atoms with van der Waals surface area (Å²) in [6.45, 7) is 4.29. The lowest BCUT2D eigenvalue weighted by molar-refractivity contribution is -0.144. The Bertz CT molecular complexity index is 447. The summed E-state index contributed by atoms with van der Waals surface area (Å²) in [6, 6.07) is 4.36. The van der Waals surface area contributed by atoms with E-state index in [-0.39, 0.29) is 17.9 Å². The average Bonchev–Trinajstić information content (AvgIpc) is 2.34. The number of unbranched alkanes of at least 4 members (excludes halogenated alkanes) is 1. The van der Waals surface area contributed by atoms with Crippen molar-refractivity contribution in [3.8, 4) is 11.5 Å². The molecule has 106 valence electrons. The summed E-state index contributed by atoms with van der Waals surface area (Å²) in [5.41, 5.74) is -0.428. The van der Waals surface area contributed by atoms with Crippen molar-refractivity contribution >= 4 is 5.97 Å². The smallest absolute Gasteiger partial charge is 0.323 e. The fraction of sp³-hybridized carbons (Fsp3) is 0.500. The highest BCUT2D eigenvalue weighted by atomic mass is 16.4. The molecule has 0 bridgehead atoms. The Balaban J connectivity index is 2.82. The largest absolute Gasteiger partial charge is 0.504 e. The number of hydrogen-bond acceptors (Lipinski definition) is 4. The molecule has 1 rings (SSSR count). The molecule has 1 unspecified atom stereocenters. The Morgan fingerprint density at radius 1 is 1.32 bits per heavy atom. The molecule has 0 amide bonds. The first-order valence-corrected chi connectivity index (χ1v) is 6.38. The molecule has 1 aromatic rings. The highest BCUT2D eigenvalue weighted by Gasteiger charge is 2.32. The van der Waals surface area contributed by atoms with E-state index in [2.05, 4.69) is 5.32 Å². The fourth-order valence-corrected chi connectivity index (χ4v) is 1.84. The number of nitrogens with one attached hydrogen (secondary N) is 1. The van der Waals surface area contributed by atoms with Gasteiger partial charge in [-0.3, -0.25) is 4.79 Å². The van der Waals surface area contributed by atoms with Gasteiger partial charge in [0.1, 0.15) is 5.54 Å². The first-order chi connectivity index (χ1) is 8.89. The number of carboxylic acid groups (broad SMARTS) is 1. The number of benzene rings is 1. The number of hydrogen-bond donors (Lipinski definition) is 4. The van der Waals surface area contributed by atoms with Gasteiger partial charge < -0.3 is 20.6 Å². The minimum Gasteiger partial charge on any atom is -0.504 e. The van der Waals surface area contributed by atoms with Crippen LogP contribution in [-0.2, 0) is 11.2 Å². The number of rotatable bonds is 7. The number of carboxylic acids is 1. The van der Waals surface area contributed by atoms with Gasteiger partial charge in [-0.2, -0.15) is 0 Å². The van der Waals surface area contributed by atoms with Crippen LogP contribution in [0.5, 0.6) is 11.5 Å². The molecule has 19 heavy (non-hydrogen) atoms. The lowest BCUT2D eigenvalue weighted by Gasteiger charge is -2.26. The molecule has 0 spiro atoms. The second-order valence-corrected chi connectivity index (χ2v) is 4.92. The van der Waals surface area contributed by atoms with Crippen LogP contribution in [0.1, 0.15) is 32.3 Å². The van der Waals surface area contributed by atoms with Crippen molar-refractivity contribution in [3.05, 3.63) is 23.8 Å². The van der Waals surface area contributed by atoms with Crippen LogP contribution in [0.15, 0.2) is 18.2 Å². The van der Waals surface area contributed by atoms with Gasteiger partial charge in [0.05, 0.1) is 0 Å². The minimum absolute atomic E-state index is 0.209. The third-order valence-corrected chi connectivity index (χ3v) is 3.12. The van der Waals surface area contributed by atoms with Crippen LogP contribution >= 0.6 is 0 Å². The third-order valence-electron chi connectivity index (χ3n) is 3.12. The Hall–Kier alpha value is -1.75. The first-order valence-electron chi connectivity index (χ1n) is 6.38. The number of aromatic hydroxyl groups is 2. The maximum Gasteiger partial charge on any atom is 0.323 e. The fourth-order valence-electron chi connectivity index (χ4n) is 1.84. The zero-order valence-electron chi connectivity index (χ0n) is 11.3. The van der Waals surface area contributed by atoms with Crippen molar-refractivity contribution < 1.29 is 20.1 Å². The van der Waals surface area contributed by atoms with E-state index in [1.165, 1.54) is 12.1 Å². The summed E-state index contributed by atoms with van der Waals surface area (Å²) in [5, 5.41) is 31.1. The van der Waals surface area contributed by atoms with E-state index in [1.54, 1.807) is 13.0 Å². The Morgan fingerprint density at radius 3 is 2.53 bits per heavy atom. The number of phenols is 2. The molecule has 0 saturated carbocycles. The molecule has 0 saturated heterocycles. The van der Waals surface area contributed by atoms with Crippen molar-refractivity contribution in [2.24, 2.45) is 0 Å². The van der Waals surface area contributed by atoms with Gasteiger partial charge in [-0.05, 0) is 37.6 Å². The summed E-state index contributed by atoms with van der Waals surface area (Å²) in [5.74, 6) is -1.38. The Morgan fingerprint density at radius 2 is 2.00 bits per heavy atom. The van der Waals surface area contributed by atoms with Gasteiger partial charge in [0.25, 0.3) is 0 Å². The van der Waals surface area contributed by atoms with Crippen molar-refractivity contribution in [1.29, 1.82) is 0 Å². The number of carbonyl (C=O) groups is 1. The SMILES string of the molecule is CCCCNC(C)(Cc1ccc(O)c(O)c1)C(=O)O. The van der Waals surface area contributed by atoms with E-state index in [0.717, 1.165) is 12.8 Å². The van der Waals surface area contributed by atoms with Crippen LogP contribution in [0.3, 0.4) is 0 Å². The number of aliphatic carboxylic acids is 1. The first kappa shape index (κ1) is 15.3. The predicted molar refractivity (Wildman–Crippen MR) is 72.4 cm³/mol. The van der Waals surface area contributed by atoms with E-state index >= 15 is 0 Å². The van der Waals surface area contributed by atoms with Gasteiger partial charge in [-0.15, -0.1) is 0 Å². The van der Waals surface area contributed by atoms with Crippen molar-refractivity contribution in [2.45, 2.75) is 38.6 Å². The van der Waals surface area contributed by atoms with Crippen molar-refractivity contribution in [3.63, 3.8) is 0 Å². The number of phenolic OH excluding ortho intramolecular Hbond substituents is 2. The maximum absolute atomic E-state index is 11.4. The highest BCUT2D eigenvalue weighted by molar-refractivity contribution is 5.78. The van der Waals surface area contributed by atoms with Crippen LogP contribution in [-0.4, -0.2) is 33.4 Å². The maximum atomic E-state index is 11.4. The van der Waals surface area contributed by atoms with E-state index < -0.39 is 11.5 Å². The summed E-state index contributed by atoms with van der Waals surface area (Å²) in [6.07, 6.45) is 2.13. The second kappa shape index (κ2) is 6.43. The molecule has 5 nitrogen and oxygen atoms in total. The second-order valence-electron chi connectivity index (χ2n) is 4.92. The van der Waals surface area contributed by atoms with Crippen LogP contribution in [0.2, 0.25) is 0 Å². The zero-order chi connectivity index (χ0) is 14.5. The summed E-state index contributed by atoms with van der Waals surface area (Å²) < 4.78 is 0. The molecule has 0 aliphatic rings. The molecule has 0 aliphatic carbocycles. The Labute approximate surface area is 112 Å². The molecule has 1 aromatic carbocycles. The molecule has 4 N–H and O–H groups in total. The van der Waals surface area contributed by atoms with Crippen molar-refractivity contribution in [1.82, 2.24) is 5.32 Å². The summed E-state index contributed by atoms with van der Waals surface area (Å²) in [4.78, 5) is 11.4. The average molecular weight is 267 g/mol. The van der Waals surface area contributed by atoms with Crippen LogP contribution in [0.25, 0.3) is 0 Å². The van der Waals surface area contributed by atoms with E-state index in [0.29, 0.717) is 12.1 Å². The van der Waals surface area contributed by atoms with E-state index in [1.807, 2.05) is 6.92 Å². The minimum atomic E-state index is -1.08. The predicted octanol–water partition coefficient (Wildman–Crippen LogP) is 1.87. The van der Waals surface area contributed by atoms with Gasteiger partial charge in [-0.25, -0.2) is 0 Å². The van der Waals surface area contributed by atoms with Crippen LogP contribution < -0.4 is 5.32 Å². The molecular weight excluding hydrogens is 246 g/mol. The molecular formula is C14H21NO4. The summed E-state index contributed by atoms with van der Waals surface area (Å²) in [7, 11) is 0. The van der Waals surface area contributed by atoms with E-state index in [9.17, 15) is 20.1 Å². The topological polar surface area (TPSA) is 89.8 Å². The van der Waals surface area contributed by atoms with Gasteiger partial charge in [-0.1, -0.05) is 19.4 Å². The zero-order valence-corrected chi connectivity index (χ0v) is 11.3.